The van der Waals surface area contributed by atoms with Crippen LogP contribution >= 0.6 is 0 Å². The van der Waals surface area contributed by atoms with Crippen molar-refractivity contribution in [2.24, 2.45) is 0 Å². The standard InChI is InChI=1S/C20H15NO5/c1-2-25-20(24)16-15(17(22)13-9-5-3-6-10-13)19(26-21-16)18(23)14-11-7-4-8-12-14/h3-12H,2H2,1H3. The van der Waals surface area contributed by atoms with E-state index in [2.05, 4.69) is 5.16 Å². The van der Waals surface area contributed by atoms with Crippen molar-refractivity contribution in [1.82, 2.24) is 5.16 Å². The highest BCUT2D eigenvalue weighted by molar-refractivity contribution is 6.21. The maximum atomic E-state index is 12.9. The van der Waals surface area contributed by atoms with Crippen LogP contribution in [0.1, 0.15) is 49.5 Å². The van der Waals surface area contributed by atoms with Gasteiger partial charge in [-0.3, -0.25) is 9.59 Å². The molecule has 1 aromatic heterocycles. The van der Waals surface area contributed by atoms with E-state index >= 15 is 0 Å². The molecule has 0 fully saturated rings. The van der Waals surface area contributed by atoms with Gasteiger partial charge in [-0.2, -0.15) is 0 Å². The number of carbonyl (C=O) groups is 3. The largest absolute Gasteiger partial charge is 0.461 e. The predicted octanol–water partition coefficient (Wildman–Crippen LogP) is 3.31. The molecule has 0 saturated heterocycles. The van der Waals surface area contributed by atoms with Gasteiger partial charge in [0.1, 0.15) is 5.56 Å². The molecule has 0 aliphatic rings. The van der Waals surface area contributed by atoms with Crippen LogP contribution < -0.4 is 0 Å². The number of carbonyl (C=O) groups excluding carboxylic acids is 3. The van der Waals surface area contributed by atoms with Crippen LogP contribution in [-0.4, -0.2) is 29.3 Å². The zero-order valence-electron chi connectivity index (χ0n) is 14.0. The first kappa shape index (κ1) is 17.3. The Kier molecular flexibility index (Phi) is 5.03. The summed E-state index contributed by atoms with van der Waals surface area (Å²) >= 11 is 0. The van der Waals surface area contributed by atoms with Gasteiger partial charge >= 0.3 is 5.97 Å². The van der Waals surface area contributed by atoms with Crippen molar-refractivity contribution in [3.63, 3.8) is 0 Å². The van der Waals surface area contributed by atoms with Crippen LogP contribution in [0.3, 0.4) is 0 Å². The number of ether oxygens (including phenoxy) is 1. The number of hydrogen-bond acceptors (Lipinski definition) is 6. The molecule has 6 heteroatoms. The normalized spacial score (nSPS) is 10.3. The minimum Gasteiger partial charge on any atom is -0.461 e. The number of benzene rings is 2. The number of rotatable bonds is 6. The Labute approximate surface area is 149 Å². The third-order valence-corrected chi connectivity index (χ3v) is 3.67. The van der Waals surface area contributed by atoms with Gasteiger partial charge in [0.2, 0.25) is 17.2 Å². The summed E-state index contributed by atoms with van der Waals surface area (Å²) in [6.45, 7) is 1.74. The molecule has 0 atom stereocenters. The van der Waals surface area contributed by atoms with E-state index in [0.717, 1.165) is 0 Å². The highest BCUT2D eigenvalue weighted by atomic mass is 16.5. The lowest BCUT2D eigenvalue weighted by atomic mass is 9.97. The topological polar surface area (TPSA) is 86.5 Å². The quantitative estimate of drug-likeness (QED) is 0.501. The number of hydrogen-bond donors (Lipinski definition) is 0. The van der Waals surface area contributed by atoms with Crippen molar-refractivity contribution in [2.45, 2.75) is 6.92 Å². The molecule has 3 rings (SSSR count). The lowest BCUT2D eigenvalue weighted by Gasteiger charge is -2.04. The molecule has 0 radical (unpaired) electrons. The fourth-order valence-corrected chi connectivity index (χ4v) is 2.45. The molecule has 130 valence electrons. The summed E-state index contributed by atoms with van der Waals surface area (Å²) in [6, 6.07) is 16.6. The zero-order chi connectivity index (χ0) is 18.5. The van der Waals surface area contributed by atoms with E-state index in [-0.39, 0.29) is 23.6 Å². The summed E-state index contributed by atoms with van der Waals surface area (Å²) < 4.78 is 10.0. The van der Waals surface area contributed by atoms with Crippen LogP contribution in [0.25, 0.3) is 0 Å². The Bertz CT molecular complexity index is 945. The third kappa shape index (κ3) is 3.30. The Morgan fingerprint density at radius 2 is 1.42 bits per heavy atom. The average Bonchev–Trinajstić information content (AvgIpc) is 3.13. The average molecular weight is 349 g/mol. The third-order valence-electron chi connectivity index (χ3n) is 3.67. The fraction of sp³-hybridized carbons (Fsp3) is 0.100. The van der Waals surface area contributed by atoms with Gasteiger partial charge in [0.15, 0.2) is 5.78 Å². The number of ketones is 2. The summed E-state index contributed by atoms with van der Waals surface area (Å²) in [5, 5.41) is 3.64. The molecule has 26 heavy (non-hydrogen) atoms. The van der Waals surface area contributed by atoms with E-state index in [1.54, 1.807) is 67.6 Å². The molecule has 6 nitrogen and oxygen atoms in total. The maximum absolute atomic E-state index is 12.9. The second-order valence-electron chi connectivity index (χ2n) is 5.35. The zero-order valence-corrected chi connectivity index (χ0v) is 14.0. The van der Waals surface area contributed by atoms with Crippen LogP contribution in [0.5, 0.6) is 0 Å². The number of aromatic nitrogens is 1. The second kappa shape index (κ2) is 7.57. The molecule has 0 aliphatic carbocycles. The Morgan fingerprint density at radius 1 is 0.885 bits per heavy atom. The Morgan fingerprint density at radius 3 is 1.96 bits per heavy atom. The van der Waals surface area contributed by atoms with Crippen LogP contribution in [0.4, 0.5) is 0 Å². The smallest absolute Gasteiger partial charge is 0.361 e. The van der Waals surface area contributed by atoms with Crippen LogP contribution in [-0.2, 0) is 4.74 Å². The van der Waals surface area contributed by atoms with Crippen molar-refractivity contribution in [2.75, 3.05) is 6.61 Å². The lowest BCUT2D eigenvalue weighted by molar-refractivity contribution is 0.0511. The van der Waals surface area contributed by atoms with Gasteiger partial charge in [-0.05, 0) is 6.92 Å². The first-order valence-corrected chi connectivity index (χ1v) is 7.99. The van der Waals surface area contributed by atoms with Crippen molar-refractivity contribution in [3.8, 4) is 0 Å². The molecule has 0 N–H and O–H groups in total. The second-order valence-corrected chi connectivity index (χ2v) is 5.35. The van der Waals surface area contributed by atoms with Crippen molar-refractivity contribution in [3.05, 3.63) is 88.8 Å². The first-order valence-electron chi connectivity index (χ1n) is 7.99. The molecule has 3 aromatic rings. The molecule has 0 unspecified atom stereocenters. The molecule has 0 spiro atoms. The minimum absolute atomic E-state index is 0.104. The van der Waals surface area contributed by atoms with Gasteiger partial charge in [-0.25, -0.2) is 4.79 Å². The van der Waals surface area contributed by atoms with Crippen molar-refractivity contribution in [1.29, 1.82) is 0 Å². The van der Waals surface area contributed by atoms with Gasteiger partial charge in [-0.15, -0.1) is 0 Å². The summed E-state index contributed by atoms with van der Waals surface area (Å²) in [5.74, 6) is -2.17. The van der Waals surface area contributed by atoms with Crippen molar-refractivity contribution >= 4 is 17.5 Å². The monoisotopic (exact) mass is 349 g/mol. The van der Waals surface area contributed by atoms with Crippen LogP contribution in [0.15, 0.2) is 65.2 Å². The summed E-state index contributed by atoms with van der Waals surface area (Å²) in [7, 11) is 0. The molecular formula is C20H15NO5. The summed E-state index contributed by atoms with van der Waals surface area (Å²) in [5.41, 5.74) is 0.132. The first-order chi connectivity index (χ1) is 12.6. The lowest BCUT2D eigenvalue weighted by Crippen LogP contribution is -2.15. The van der Waals surface area contributed by atoms with Crippen LogP contribution in [0, 0.1) is 0 Å². The molecule has 2 aromatic carbocycles. The van der Waals surface area contributed by atoms with Gasteiger partial charge in [0.25, 0.3) is 0 Å². The number of esters is 1. The molecular weight excluding hydrogens is 334 g/mol. The highest BCUT2D eigenvalue weighted by Gasteiger charge is 2.32. The summed E-state index contributed by atoms with van der Waals surface area (Å²) in [6.07, 6.45) is 0. The Hall–Kier alpha value is -3.54. The van der Waals surface area contributed by atoms with E-state index < -0.39 is 17.5 Å². The summed E-state index contributed by atoms with van der Waals surface area (Å²) in [4.78, 5) is 37.9. The molecule has 0 amide bonds. The number of nitrogens with zero attached hydrogens (tertiary/aromatic N) is 1. The molecule has 1 heterocycles. The van der Waals surface area contributed by atoms with Crippen molar-refractivity contribution < 1.29 is 23.6 Å². The predicted molar refractivity (Wildman–Crippen MR) is 92.2 cm³/mol. The van der Waals surface area contributed by atoms with E-state index in [1.165, 1.54) is 0 Å². The minimum atomic E-state index is -0.817. The van der Waals surface area contributed by atoms with Crippen LogP contribution in [0.2, 0.25) is 0 Å². The fourth-order valence-electron chi connectivity index (χ4n) is 2.45. The van der Waals surface area contributed by atoms with Gasteiger partial charge in [0, 0.05) is 11.1 Å². The highest BCUT2D eigenvalue weighted by Crippen LogP contribution is 2.23. The molecule has 0 bridgehead atoms. The SMILES string of the molecule is CCOC(=O)c1noc(C(=O)c2ccccc2)c1C(=O)c1ccccc1. The molecule has 0 aliphatic heterocycles. The van der Waals surface area contributed by atoms with E-state index in [9.17, 15) is 14.4 Å². The molecule has 0 saturated carbocycles. The van der Waals surface area contributed by atoms with E-state index in [0.29, 0.717) is 11.1 Å². The van der Waals surface area contributed by atoms with Gasteiger partial charge < -0.3 is 9.26 Å². The van der Waals surface area contributed by atoms with Gasteiger partial charge in [-0.1, -0.05) is 65.8 Å². The maximum Gasteiger partial charge on any atom is 0.361 e. The van der Waals surface area contributed by atoms with Gasteiger partial charge in [0.05, 0.1) is 6.61 Å². The van der Waals surface area contributed by atoms with E-state index in [4.69, 9.17) is 9.26 Å². The Balaban J connectivity index is 2.12. The van der Waals surface area contributed by atoms with E-state index in [1.807, 2.05) is 0 Å².